The minimum atomic E-state index is 0.0651. The molecule has 30 heavy (non-hydrogen) atoms. The zero-order valence-electron chi connectivity index (χ0n) is 17.4. The van der Waals surface area contributed by atoms with Crippen LogP contribution in [-0.2, 0) is 14.2 Å². The third-order valence-electron chi connectivity index (χ3n) is 2.47. The maximum atomic E-state index is 5.55. The standard InChI is InChI=1S/C18H24O3S9/c1-10(2)19-16(22)28-25-13-7-14(26-29-17(23)20-11(3)4)9-15(8-13)27-30-18(24)21-12(5)6/h7-12H,1-6H3. The molecule has 0 saturated heterocycles. The molecule has 0 unspecified atom stereocenters. The number of benzene rings is 1. The van der Waals surface area contributed by atoms with Crippen LogP contribution in [0.4, 0.5) is 0 Å². The van der Waals surface area contributed by atoms with Gasteiger partial charge in [0.1, 0.15) is 0 Å². The fourth-order valence-electron chi connectivity index (χ4n) is 1.57. The Morgan fingerprint density at radius 3 is 1.00 bits per heavy atom. The predicted octanol–water partition coefficient (Wildman–Crippen LogP) is 9.04. The molecule has 1 rings (SSSR count). The van der Waals surface area contributed by atoms with Gasteiger partial charge < -0.3 is 14.2 Å². The Bertz CT molecular complexity index is 615. The van der Waals surface area contributed by atoms with Gasteiger partial charge in [-0.25, -0.2) is 0 Å². The summed E-state index contributed by atoms with van der Waals surface area (Å²) in [5.74, 6) is 0. The van der Waals surface area contributed by atoms with Gasteiger partial charge in [-0.3, -0.25) is 0 Å². The summed E-state index contributed by atoms with van der Waals surface area (Å²) < 4.78 is 18.2. The van der Waals surface area contributed by atoms with Gasteiger partial charge in [0.15, 0.2) is 0 Å². The predicted molar refractivity (Wildman–Crippen MR) is 153 cm³/mol. The fraction of sp³-hybridized carbons (Fsp3) is 0.500. The zero-order chi connectivity index (χ0) is 22.7. The highest BCUT2D eigenvalue weighted by atomic mass is 33.1. The summed E-state index contributed by atoms with van der Waals surface area (Å²) in [6, 6.07) is 6.30. The molecule has 0 aromatic heterocycles. The minimum Gasteiger partial charge on any atom is -0.475 e. The molecule has 3 nitrogen and oxygen atoms in total. The van der Waals surface area contributed by atoms with Gasteiger partial charge in [0.2, 0.25) is 13.1 Å². The molecule has 0 fully saturated rings. The van der Waals surface area contributed by atoms with E-state index in [1.165, 1.54) is 32.4 Å². The van der Waals surface area contributed by atoms with E-state index in [0.717, 1.165) is 14.7 Å². The maximum Gasteiger partial charge on any atom is 0.231 e. The van der Waals surface area contributed by atoms with Gasteiger partial charge in [0.25, 0.3) is 0 Å². The monoisotopic (exact) mass is 576 g/mol. The first-order valence-corrected chi connectivity index (χ1v) is 16.5. The van der Waals surface area contributed by atoms with E-state index in [9.17, 15) is 0 Å². The van der Waals surface area contributed by atoms with E-state index in [1.807, 2.05) is 41.5 Å². The maximum absolute atomic E-state index is 5.55. The minimum absolute atomic E-state index is 0.0651. The van der Waals surface area contributed by atoms with E-state index in [4.69, 9.17) is 50.9 Å². The average Bonchev–Trinajstić information content (AvgIpc) is 2.61. The van der Waals surface area contributed by atoms with Crippen LogP contribution in [0.15, 0.2) is 32.9 Å². The van der Waals surface area contributed by atoms with E-state index >= 15 is 0 Å². The van der Waals surface area contributed by atoms with E-state index in [0.29, 0.717) is 13.1 Å². The summed E-state index contributed by atoms with van der Waals surface area (Å²) in [6.07, 6.45) is 0.195. The smallest absolute Gasteiger partial charge is 0.231 e. The lowest BCUT2D eigenvalue weighted by Crippen LogP contribution is -2.05. The van der Waals surface area contributed by atoms with E-state index < -0.39 is 0 Å². The van der Waals surface area contributed by atoms with E-state index in [1.54, 1.807) is 32.4 Å². The highest BCUT2D eigenvalue weighted by Gasteiger charge is 2.11. The van der Waals surface area contributed by atoms with Crippen LogP contribution in [0.5, 0.6) is 0 Å². The van der Waals surface area contributed by atoms with Gasteiger partial charge in [-0.1, -0.05) is 0 Å². The molecule has 0 aliphatic heterocycles. The second kappa shape index (κ2) is 15.8. The normalized spacial score (nSPS) is 11.1. The first kappa shape index (κ1) is 29.0. The molecule has 1 aromatic rings. The van der Waals surface area contributed by atoms with Crippen molar-refractivity contribution in [3.63, 3.8) is 0 Å². The molecular formula is C18H24O3S9. The van der Waals surface area contributed by atoms with Crippen molar-refractivity contribution in [2.75, 3.05) is 0 Å². The number of hydrogen-bond acceptors (Lipinski definition) is 12. The number of rotatable bonds is 9. The van der Waals surface area contributed by atoms with Crippen molar-refractivity contribution >= 4 is 115 Å². The van der Waals surface area contributed by atoms with Gasteiger partial charge in [-0.2, -0.15) is 0 Å². The molecule has 0 spiro atoms. The molecule has 1 aromatic carbocycles. The molecule has 0 radical (unpaired) electrons. The summed E-state index contributed by atoms with van der Waals surface area (Å²) in [5, 5.41) is 0. The highest BCUT2D eigenvalue weighted by Crippen LogP contribution is 2.43. The molecule has 0 atom stereocenters. The third kappa shape index (κ3) is 14.2. The summed E-state index contributed by atoms with van der Waals surface area (Å²) in [5.41, 5.74) is 0. The molecule has 0 aliphatic rings. The Morgan fingerprint density at radius 1 is 0.567 bits per heavy atom. The summed E-state index contributed by atoms with van der Waals surface area (Å²) in [4.78, 5) is 3.19. The molecule has 0 N–H and O–H groups in total. The van der Waals surface area contributed by atoms with Crippen LogP contribution in [0, 0.1) is 0 Å². The van der Waals surface area contributed by atoms with Crippen LogP contribution in [0.2, 0.25) is 0 Å². The van der Waals surface area contributed by atoms with E-state index in [-0.39, 0.29) is 18.3 Å². The van der Waals surface area contributed by atoms with Crippen LogP contribution in [0.25, 0.3) is 0 Å². The molecular weight excluding hydrogens is 553 g/mol. The van der Waals surface area contributed by atoms with Crippen molar-refractivity contribution in [3.05, 3.63) is 18.2 Å². The summed E-state index contributed by atoms with van der Waals surface area (Å²) in [7, 11) is 9.00. The lowest BCUT2D eigenvalue weighted by Gasteiger charge is -2.12. The van der Waals surface area contributed by atoms with Crippen molar-refractivity contribution in [2.45, 2.75) is 74.5 Å². The fourth-order valence-corrected chi connectivity index (χ4v) is 8.23. The van der Waals surface area contributed by atoms with Crippen LogP contribution >= 0.6 is 101 Å². The van der Waals surface area contributed by atoms with Crippen molar-refractivity contribution in [1.29, 1.82) is 0 Å². The Hall–Kier alpha value is 0.990. The molecule has 12 heteroatoms. The Kier molecular flexibility index (Phi) is 15.2. The van der Waals surface area contributed by atoms with Gasteiger partial charge in [-0.05, 0) is 161 Å². The van der Waals surface area contributed by atoms with Gasteiger partial charge in [0.05, 0.1) is 18.3 Å². The highest BCUT2D eigenvalue weighted by molar-refractivity contribution is 8.84. The first-order chi connectivity index (χ1) is 14.0. The molecule has 0 bridgehead atoms. The van der Waals surface area contributed by atoms with Crippen LogP contribution in [-0.4, -0.2) is 31.5 Å². The van der Waals surface area contributed by atoms with Crippen molar-refractivity contribution in [1.82, 2.24) is 0 Å². The number of thiocarbonyl (C=S) groups is 3. The largest absolute Gasteiger partial charge is 0.475 e. The lowest BCUT2D eigenvalue weighted by molar-refractivity contribution is 0.243. The summed E-state index contributed by atoms with van der Waals surface area (Å²) >= 11 is 15.8. The molecule has 0 aliphatic carbocycles. The van der Waals surface area contributed by atoms with Crippen LogP contribution < -0.4 is 0 Å². The molecule has 168 valence electrons. The number of ether oxygens (including phenoxy) is 3. The second-order valence-electron chi connectivity index (χ2n) is 6.39. The first-order valence-electron chi connectivity index (χ1n) is 8.85. The molecule has 0 heterocycles. The van der Waals surface area contributed by atoms with Gasteiger partial charge >= 0.3 is 0 Å². The second-order valence-corrected chi connectivity index (χ2v) is 14.8. The van der Waals surface area contributed by atoms with Crippen molar-refractivity contribution in [2.24, 2.45) is 0 Å². The lowest BCUT2D eigenvalue weighted by atomic mass is 10.4. The quantitative estimate of drug-likeness (QED) is 0.207. The number of hydrogen-bond donors (Lipinski definition) is 0. The third-order valence-corrected chi connectivity index (χ3v) is 10.5. The topological polar surface area (TPSA) is 27.7 Å². The Morgan fingerprint density at radius 2 is 0.800 bits per heavy atom. The molecule has 0 saturated carbocycles. The average molecular weight is 577 g/mol. The Labute approximate surface area is 219 Å². The summed E-state index contributed by atoms with van der Waals surface area (Å²) in [6.45, 7) is 11.8. The SMILES string of the molecule is CC(C)OC(=S)SSc1cc(SSC(=S)OC(C)C)cc(SSC(=S)OC(C)C)c1. The van der Waals surface area contributed by atoms with Crippen molar-refractivity contribution < 1.29 is 14.2 Å². The van der Waals surface area contributed by atoms with Gasteiger partial charge in [-0.15, -0.1) is 0 Å². The zero-order valence-corrected chi connectivity index (χ0v) is 24.7. The van der Waals surface area contributed by atoms with Crippen molar-refractivity contribution in [3.8, 4) is 0 Å². The molecule has 0 amide bonds. The van der Waals surface area contributed by atoms with Crippen LogP contribution in [0.3, 0.4) is 0 Å². The van der Waals surface area contributed by atoms with Crippen LogP contribution in [0.1, 0.15) is 41.5 Å². The Balaban J connectivity index is 2.84. The van der Waals surface area contributed by atoms with Gasteiger partial charge in [0, 0.05) is 14.7 Å². The van der Waals surface area contributed by atoms with E-state index in [2.05, 4.69) is 18.2 Å².